The number of pyridine rings is 1. The minimum atomic E-state index is -5.08. The number of carboxylic acids is 2. The van der Waals surface area contributed by atoms with E-state index in [1.54, 1.807) is 6.07 Å². The first-order chi connectivity index (χ1) is 20.3. The van der Waals surface area contributed by atoms with Crippen molar-refractivity contribution in [2.75, 3.05) is 5.32 Å². The molecule has 1 aromatic heterocycles. The Morgan fingerprint density at radius 1 is 1.09 bits per heavy atom. The van der Waals surface area contributed by atoms with E-state index in [9.17, 15) is 46.2 Å². The highest BCUT2D eigenvalue weighted by molar-refractivity contribution is 6.07. The summed E-state index contributed by atoms with van der Waals surface area (Å²) in [6.45, 7) is 3.02. The first-order valence-corrected chi connectivity index (χ1v) is 12.4. The minimum absolute atomic E-state index is 0.0188. The first kappa shape index (κ1) is 33.4. The average Bonchev–Trinajstić information content (AvgIpc) is 3.22. The van der Waals surface area contributed by atoms with Crippen LogP contribution in [0.25, 0.3) is 0 Å². The molecule has 0 bridgehead atoms. The number of fused-ring (bicyclic) bond motifs is 1. The third-order valence-electron chi connectivity index (χ3n) is 6.14. The molecular formula is C25H24F5N5O9. The molecule has 0 spiro atoms. The second kappa shape index (κ2) is 12.7. The van der Waals surface area contributed by atoms with Gasteiger partial charge in [0.15, 0.2) is 17.5 Å². The fourth-order valence-corrected chi connectivity index (χ4v) is 3.99. The number of amides is 4. The third kappa shape index (κ3) is 7.85. The van der Waals surface area contributed by atoms with E-state index in [0.29, 0.717) is 16.0 Å². The van der Waals surface area contributed by atoms with Gasteiger partial charge in [0, 0.05) is 6.20 Å². The smallest absolute Gasteiger partial charge is 0.480 e. The largest absolute Gasteiger partial charge is 0.586 e. The number of urea groups is 1. The molecule has 1 saturated heterocycles. The molecule has 6 N–H and O–H groups in total. The Balaban J connectivity index is 0.000000676. The predicted octanol–water partition coefficient (Wildman–Crippen LogP) is 2.25. The molecule has 3 heterocycles. The highest BCUT2D eigenvalue weighted by Crippen LogP contribution is 2.42. The second-order valence-corrected chi connectivity index (χ2v) is 9.48. The normalized spacial score (nSPS) is 19.5. The van der Waals surface area contributed by atoms with Gasteiger partial charge in [-0.15, -0.1) is 8.78 Å². The van der Waals surface area contributed by atoms with Crippen LogP contribution in [0.5, 0.6) is 11.5 Å². The van der Waals surface area contributed by atoms with Crippen molar-refractivity contribution >= 4 is 35.6 Å². The molecule has 238 valence electrons. The number of nitrogens with zero attached hydrogens (tertiary/aromatic N) is 2. The van der Waals surface area contributed by atoms with Gasteiger partial charge in [-0.2, -0.15) is 13.2 Å². The van der Waals surface area contributed by atoms with Crippen molar-refractivity contribution < 1.29 is 65.6 Å². The van der Waals surface area contributed by atoms with Crippen molar-refractivity contribution in [1.29, 1.82) is 0 Å². The number of rotatable bonds is 7. The number of nitrogens with one attached hydrogen (secondary N) is 2. The van der Waals surface area contributed by atoms with Crippen LogP contribution in [0.2, 0.25) is 0 Å². The summed E-state index contributed by atoms with van der Waals surface area (Å²) >= 11 is 0. The van der Waals surface area contributed by atoms with E-state index in [1.807, 2.05) is 0 Å². The van der Waals surface area contributed by atoms with Gasteiger partial charge in [-0.05, 0) is 55.7 Å². The summed E-state index contributed by atoms with van der Waals surface area (Å²) in [5, 5.41) is 21.8. The number of carbonyl (C=O) groups is 5. The zero-order chi connectivity index (χ0) is 33.1. The number of β-lactam (4-membered cyclic amide) rings is 1. The van der Waals surface area contributed by atoms with Gasteiger partial charge >= 0.3 is 30.4 Å². The summed E-state index contributed by atoms with van der Waals surface area (Å²) in [6, 6.07) is 3.02. The Labute approximate surface area is 243 Å². The lowest BCUT2D eigenvalue weighted by atomic mass is 9.82. The number of carboxylic acid groups (broad SMARTS) is 2. The van der Waals surface area contributed by atoms with Crippen LogP contribution >= 0.6 is 0 Å². The van der Waals surface area contributed by atoms with Gasteiger partial charge in [-0.3, -0.25) is 9.59 Å². The van der Waals surface area contributed by atoms with Crippen LogP contribution in [-0.4, -0.2) is 74.4 Å². The number of nitrogens with two attached hydrogens (primary N) is 1. The molecule has 14 nitrogen and oxygen atoms in total. The lowest BCUT2D eigenvalue weighted by Crippen LogP contribution is -2.68. The second-order valence-electron chi connectivity index (χ2n) is 9.48. The van der Waals surface area contributed by atoms with Crippen molar-refractivity contribution in [2.45, 2.75) is 50.9 Å². The molecule has 2 aromatic rings. The van der Waals surface area contributed by atoms with Crippen molar-refractivity contribution in [3.63, 3.8) is 0 Å². The lowest BCUT2D eigenvalue weighted by molar-refractivity contribution is -0.286. The minimum Gasteiger partial charge on any atom is -0.480 e. The monoisotopic (exact) mass is 633 g/mol. The number of carbonyl (C=O) groups excluding carboxylic acids is 3. The predicted molar refractivity (Wildman–Crippen MR) is 135 cm³/mol. The van der Waals surface area contributed by atoms with Gasteiger partial charge < -0.3 is 36.1 Å². The van der Waals surface area contributed by atoms with Gasteiger partial charge in [0.25, 0.3) is 0 Å². The van der Waals surface area contributed by atoms with Crippen molar-refractivity contribution in [2.24, 2.45) is 11.7 Å². The maximum atomic E-state index is 13.3. The maximum absolute atomic E-state index is 13.3. The van der Waals surface area contributed by atoms with Crippen molar-refractivity contribution in [3.05, 3.63) is 47.7 Å². The quantitative estimate of drug-likeness (QED) is 0.220. The molecule has 0 saturated carbocycles. The van der Waals surface area contributed by atoms with Crippen LogP contribution in [0.4, 0.5) is 32.6 Å². The number of aromatic nitrogens is 1. The van der Waals surface area contributed by atoms with Crippen molar-refractivity contribution in [1.82, 2.24) is 15.2 Å². The average molecular weight is 633 g/mol. The van der Waals surface area contributed by atoms with E-state index in [1.165, 1.54) is 44.3 Å². The molecule has 4 atom stereocenters. The molecule has 0 radical (unpaired) electrons. The molecule has 2 aliphatic rings. The fraction of sp³-hybridized carbons (Fsp3) is 0.360. The number of halogens is 5. The number of likely N-dealkylation sites (tertiary alicyclic amines) is 1. The summed E-state index contributed by atoms with van der Waals surface area (Å²) < 4.78 is 67.0. The molecule has 0 aliphatic carbocycles. The van der Waals surface area contributed by atoms with Crippen LogP contribution in [0.15, 0.2) is 36.5 Å². The topological polar surface area (TPSA) is 210 Å². The zero-order valence-electron chi connectivity index (χ0n) is 22.6. The number of ether oxygens (including phenoxy) is 2. The van der Waals surface area contributed by atoms with Crippen LogP contribution in [0, 0.1) is 5.92 Å². The third-order valence-corrected chi connectivity index (χ3v) is 6.14. The number of hydrogen-bond acceptors (Lipinski definition) is 9. The summed E-state index contributed by atoms with van der Waals surface area (Å²) in [6.07, 6.45) is -7.52. The maximum Gasteiger partial charge on any atom is 0.586 e. The Hall–Kier alpha value is -5.07. The molecule has 2 aliphatic heterocycles. The molecule has 1 aromatic carbocycles. The van der Waals surface area contributed by atoms with E-state index < -0.39 is 66.3 Å². The molecule has 4 rings (SSSR count). The van der Waals surface area contributed by atoms with Crippen LogP contribution < -0.4 is 25.8 Å². The number of aliphatic carboxylic acids is 2. The highest BCUT2D eigenvalue weighted by atomic mass is 19.4. The Kier molecular flexibility index (Phi) is 9.62. The number of hydrogen-bond donors (Lipinski definition) is 5. The van der Waals surface area contributed by atoms with Crippen molar-refractivity contribution in [3.8, 4) is 11.5 Å². The standard InChI is InChI=1S/C23H23F2N5O7.C2HF3O2/c1-10(26)19(31)29-17-8-12(5-6-27-17)7-14-18(21(33)34)30(20(14)32)22(35)28-11(2)13-3-4-15-16(9-13)37-23(24,25)36-15;3-2(4,5)1(6)7/h3-6,8-11,14,18H,7,26H2,1-2H3,(H,28,35)(H,33,34)(H,27,29,31);(H,6,7)/t10?,11?,14-,18+;/m1./s1. The number of anilines is 1. The van der Waals surface area contributed by atoms with E-state index in [4.69, 9.17) is 15.6 Å². The van der Waals surface area contributed by atoms with Gasteiger partial charge in [0.2, 0.25) is 11.8 Å². The van der Waals surface area contributed by atoms with E-state index in [-0.39, 0.29) is 23.7 Å². The molecule has 19 heteroatoms. The molecule has 4 amide bonds. The fourth-order valence-electron chi connectivity index (χ4n) is 3.99. The van der Waals surface area contributed by atoms with Gasteiger partial charge in [0.1, 0.15) is 5.82 Å². The first-order valence-electron chi connectivity index (χ1n) is 12.4. The van der Waals surface area contributed by atoms with E-state index in [0.717, 1.165) is 0 Å². The molecular weight excluding hydrogens is 609 g/mol. The highest BCUT2D eigenvalue weighted by Gasteiger charge is 2.55. The van der Waals surface area contributed by atoms with Crippen LogP contribution in [-0.2, 0) is 25.6 Å². The number of benzene rings is 1. The molecule has 1 fully saturated rings. The van der Waals surface area contributed by atoms with Gasteiger partial charge in [-0.25, -0.2) is 24.3 Å². The van der Waals surface area contributed by atoms with E-state index in [2.05, 4.69) is 25.1 Å². The summed E-state index contributed by atoms with van der Waals surface area (Å²) in [4.78, 5) is 62.8. The Bertz CT molecular complexity index is 1470. The SMILES string of the molecule is CC(N)C(=O)Nc1cc(C[C@H]2C(=O)N(C(=O)NC(C)c3ccc4c(c3)OC(F)(F)O4)[C@@H]2C(=O)O)ccn1.O=C(O)C(F)(F)F. The Morgan fingerprint density at radius 2 is 1.70 bits per heavy atom. The number of alkyl halides is 5. The number of imide groups is 1. The van der Waals surface area contributed by atoms with Crippen LogP contribution in [0.3, 0.4) is 0 Å². The Morgan fingerprint density at radius 3 is 2.27 bits per heavy atom. The summed E-state index contributed by atoms with van der Waals surface area (Å²) in [5.74, 6) is -6.56. The summed E-state index contributed by atoms with van der Waals surface area (Å²) in [5.41, 5.74) is 6.40. The van der Waals surface area contributed by atoms with Gasteiger partial charge in [0.05, 0.1) is 18.0 Å². The van der Waals surface area contributed by atoms with Gasteiger partial charge in [-0.1, -0.05) is 6.07 Å². The molecule has 2 unspecified atom stereocenters. The summed E-state index contributed by atoms with van der Waals surface area (Å²) in [7, 11) is 0. The lowest BCUT2D eigenvalue weighted by Gasteiger charge is -2.43. The van der Waals surface area contributed by atoms with E-state index >= 15 is 0 Å². The zero-order valence-corrected chi connectivity index (χ0v) is 22.6. The van der Waals surface area contributed by atoms with Crippen LogP contribution in [0.1, 0.15) is 31.0 Å². The molecule has 44 heavy (non-hydrogen) atoms.